The molecule has 0 bridgehead atoms. The molecule has 5 nitrogen and oxygen atoms in total. The second-order valence-corrected chi connectivity index (χ2v) is 8.76. The number of nitrogens with zero attached hydrogens (tertiary/aromatic N) is 2. The molecule has 0 aliphatic carbocycles. The molecule has 5 heteroatoms. The lowest BCUT2D eigenvalue weighted by Gasteiger charge is -2.37. The van der Waals surface area contributed by atoms with Crippen molar-refractivity contribution in [3.8, 4) is 5.75 Å². The maximum Gasteiger partial charge on any atom is 0.193 e. The number of anilines is 1. The predicted molar refractivity (Wildman–Crippen MR) is 132 cm³/mol. The maximum absolute atomic E-state index is 12.5. The smallest absolute Gasteiger partial charge is 0.193 e. The van der Waals surface area contributed by atoms with E-state index >= 15 is 0 Å². The zero-order valence-corrected chi connectivity index (χ0v) is 19.4. The summed E-state index contributed by atoms with van der Waals surface area (Å²) < 4.78 is 5.77. The van der Waals surface area contributed by atoms with Gasteiger partial charge >= 0.3 is 0 Å². The molecule has 33 heavy (non-hydrogen) atoms. The molecule has 0 unspecified atom stereocenters. The topological polar surface area (TPSA) is 53.0 Å². The number of hydrogen-bond acceptors (Lipinski definition) is 5. The molecule has 1 fully saturated rings. The van der Waals surface area contributed by atoms with Crippen molar-refractivity contribution in [1.82, 2.24) is 4.90 Å². The SMILES string of the molecule is Cc1ccc(N2CCN(C[C@@H](O)COc3ccc(C(=O)c4ccccc4)cc3)CC2)c(C)c1. The number of aryl methyl sites for hydroxylation is 2. The number of carbonyl (C=O) groups is 1. The van der Waals surface area contributed by atoms with Crippen molar-refractivity contribution in [3.05, 3.63) is 95.1 Å². The highest BCUT2D eigenvalue weighted by molar-refractivity contribution is 6.08. The van der Waals surface area contributed by atoms with Crippen molar-refractivity contribution in [2.24, 2.45) is 0 Å². The fourth-order valence-corrected chi connectivity index (χ4v) is 4.33. The van der Waals surface area contributed by atoms with Gasteiger partial charge in [0.15, 0.2) is 5.78 Å². The quantitative estimate of drug-likeness (QED) is 0.530. The molecule has 1 saturated heterocycles. The summed E-state index contributed by atoms with van der Waals surface area (Å²) in [5.74, 6) is 0.639. The van der Waals surface area contributed by atoms with Gasteiger partial charge in [0, 0.05) is 49.5 Å². The van der Waals surface area contributed by atoms with Crippen LogP contribution in [0.3, 0.4) is 0 Å². The summed E-state index contributed by atoms with van der Waals surface area (Å²) in [6.45, 7) is 8.84. The monoisotopic (exact) mass is 444 g/mol. The highest BCUT2D eigenvalue weighted by atomic mass is 16.5. The van der Waals surface area contributed by atoms with E-state index in [1.807, 2.05) is 30.3 Å². The summed E-state index contributed by atoms with van der Waals surface area (Å²) >= 11 is 0. The molecular weight excluding hydrogens is 412 g/mol. The molecule has 172 valence electrons. The summed E-state index contributed by atoms with van der Waals surface area (Å²) in [4.78, 5) is 17.2. The minimum atomic E-state index is -0.566. The Morgan fingerprint density at radius 1 is 0.909 bits per heavy atom. The van der Waals surface area contributed by atoms with Gasteiger partial charge in [-0.2, -0.15) is 0 Å². The Kier molecular flexibility index (Phi) is 7.43. The van der Waals surface area contributed by atoms with Crippen molar-refractivity contribution < 1.29 is 14.6 Å². The Morgan fingerprint density at radius 2 is 1.58 bits per heavy atom. The molecule has 1 N–H and O–H groups in total. The van der Waals surface area contributed by atoms with Crippen LogP contribution in [-0.4, -0.2) is 61.2 Å². The minimum Gasteiger partial charge on any atom is -0.491 e. The first kappa shape index (κ1) is 23.0. The Hall–Kier alpha value is -3.15. The average Bonchev–Trinajstić information content (AvgIpc) is 2.84. The zero-order valence-electron chi connectivity index (χ0n) is 19.4. The van der Waals surface area contributed by atoms with Crippen LogP contribution in [0.4, 0.5) is 5.69 Å². The van der Waals surface area contributed by atoms with E-state index in [4.69, 9.17) is 4.74 Å². The molecule has 1 atom stereocenters. The van der Waals surface area contributed by atoms with Crippen molar-refractivity contribution in [3.63, 3.8) is 0 Å². The molecule has 0 spiro atoms. The van der Waals surface area contributed by atoms with Gasteiger partial charge in [-0.25, -0.2) is 0 Å². The first-order valence-corrected chi connectivity index (χ1v) is 11.5. The van der Waals surface area contributed by atoms with Crippen molar-refractivity contribution in [1.29, 1.82) is 0 Å². The van der Waals surface area contributed by atoms with E-state index in [2.05, 4.69) is 41.8 Å². The van der Waals surface area contributed by atoms with E-state index < -0.39 is 6.10 Å². The van der Waals surface area contributed by atoms with Gasteiger partial charge in [0.1, 0.15) is 18.5 Å². The molecule has 3 aromatic rings. The van der Waals surface area contributed by atoms with Gasteiger partial charge in [-0.15, -0.1) is 0 Å². The molecule has 4 rings (SSSR count). The second kappa shape index (κ2) is 10.6. The standard InChI is InChI=1S/C28H32N2O3/c1-21-8-13-27(22(2)18-21)30-16-14-29(15-17-30)19-25(31)20-33-26-11-9-24(10-12-26)28(32)23-6-4-3-5-7-23/h3-13,18,25,31H,14-17,19-20H2,1-2H3/t25-/m1/s1. The molecule has 1 aliphatic heterocycles. The summed E-state index contributed by atoms with van der Waals surface area (Å²) in [6.07, 6.45) is -0.566. The van der Waals surface area contributed by atoms with Crippen LogP contribution in [0.1, 0.15) is 27.0 Å². The lowest BCUT2D eigenvalue weighted by Crippen LogP contribution is -2.49. The van der Waals surface area contributed by atoms with E-state index in [9.17, 15) is 9.90 Å². The molecular formula is C28H32N2O3. The van der Waals surface area contributed by atoms with E-state index in [0.717, 1.165) is 26.2 Å². The molecule has 0 aromatic heterocycles. The molecule has 0 radical (unpaired) electrons. The number of aliphatic hydroxyl groups is 1. The van der Waals surface area contributed by atoms with Crippen molar-refractivity contribution in [2.45, 2.75) is 20.0 Å². The minimum absolute atomic E-state index is 0.0119. The van der Waals surface area contributed by atoms with Gasteiger partial charge < -0.3 is 14.7 Å². The first-order chi connectivity index (χ1) is 16.0. The molecule has 1 heterocycles. The van der Waals surface area contributed by atoms with E-state index in [1.165, 1.54) is 16.8 Å². The van der Waals surface area contributed by atoms with Gasteiger partial charge in [-0.05, 0) is 49.7 Å². The third-order valence-electron chi connectivity index (χ3n) is 6.13. The van der Waals surface area contributed by atoms with Crippen LogP contribution in [0.2, 0.25) is 0 Å². The Balaban J connectivity index is 1.22. The van der Waals surface area contributed by atoms with Gasteiger partial charge in [0.25, 0.3) is 0 Å². The lowest BCUT2D eigenvalue weighted by molar-refractivity contribution is 0.0663. The number of aliphatic hydroxyl groups excluding tert-OH is 1. The van der Waals surface area contributed by atoms with Crippen LogP contribution in [0, 0.1) is 13.8 Å². The molecule has 1 aliphatic rings. The van der Waals surface area contributed by atoms with Crippen LogP contribution >= 0.6 is 0 Å². The first-order valence-electron chi connectivity index (χ1n) is 11.5. The number of rotatable bonds is 8. The van der Waals surface area contributed by atoms with E-state index in [1.54, 1.807) is 24.3 Å². The Labute approximate surface area is 196 Å². The number of ketones is 1. The molecule has 0 amide bonds. The predicted octanol–water partition coefficient (Wildman–Crippen LogP) is 4.10. The summed E-state index contributed by atoms with van der Waals surface area (Å²) in [5, 5.41) is 10.5. The lowest BCUT2D eigenvalue weighted by atomic mass is 10.0. The van der Waals surface area contributed by atoms with Gasteiger partial charge in [-0.1, -0.05) is 48.0 Å². The fraction of sp³-hybridized carbons (Fsp3) is 0.321. The van der Waals surface area contributed by atoms with Gasteiger partial charge in [0.2, 0.25) is 0 Å². The van der Waals surface area contributed by atoms with Gasteiger partial charge in [0.05, 0.1) is 0 Å². The highest BCUT2D eigenvalue weighted by Crippen LogP contribution is 2.22. The largest absolute Gasteiger partial charge is 0.491 e. The van der Waals surface area contributed by atoms with Crippen molar-refractivity contribution in [2.75, 3.05) is 44.2 Å². The number of carbonyl (C=O) groups excluding carboxylic acids is 1. The van der Waals surface area contributed by atoms with Crippen LogP contribution in [0.25, 0.3) is 0 Å². The van der Waals surface area contributed by atoms with Crippen LogP contribution < -0.4 is 9.64 Å². The van der Waals surface area contributed by atoms with Crippen LogP contribution in [0.15, 0.2) is 72.8 Å². The Morgan fingerprint density at radius 3 is 2.24 bits per heavy atom. The number of β-amino-alcohol motifs (C(OH)–C–C–N with tert-alkyl or cyclic N) is 1. The molecule has 0 saturated carbocycles. The van der Waals surface area contributed by atoms with Gasteiger partial charge in [-0.3, -0.25) is 9.69 Å². The maximum atomic E-state index is 12.5. The summed E-state index contributed by atoms with van der Waals surface area (Å²) in [7, 11) is 0. The average molecular weight is 445 g/mol. The molecule has 3 aromatic carbocycles. The van der Waals surface area contributed by atoms with E-state index in [0.29, 0.717) is 23.4 Å². The number of hydrogen-bond donors (Lipinski definition) is 1. The zero-order chi connectivity index (χ0) is 23.2. The summed E-state index contributed by atoms with van der Waals surface area (Å²) in [5.41, 5.74) is 5.19. The normalized spacial score (nSPS) is 15.3. The number of benzene rings is 3. The second-order valence-electron chi connectivity index (χ2n) is 8.76. The number of piperazine rings is 1. The highest BCUT2D eigenvalue weighted by Gasteiger charge is 2.20. The number of ether oxygens (including phenoxy) is 1. The van der Waals surface area contributed by atoms with Crippen molar-refractivity contribution >= 4 is 11.5 Å². The fourth-order valence-electron chi connectivity index (χ4n) is 4.33. The third-order valence-corrected chi connectivity index (χ3v) is 6.13. The van der Waals surface area contributed by atoms with Crippen LogP contribution in [0.5, 0.6) is 5.75 Å². The third kappa shape index (κ3) is 6.01. The van der Waals surface area contributed by atoms with E-state index in [-0.39, 0.29) is 12.4 Å². The van der Waals surface area contributed by atoms with Crippen LogP contribution in [-0.2, 0) is 0 Å². The summed E-state index contributed by atoms with van der Waals surface area (Å²) in [6, 6.07) is 22.9. The Bertz CT molecular complexity index is 1060.